The second kappa shape index (κ2) is 6.79. The lowest BCUT2D eigenvalue weighted by Gasteiger charge is -2.24. The Bertz CT molecular complexity index is 326. The molecule has 0 aromatic heterocycles. The largest absolute Gasteiger partial charge is 0.466 e. The van der Waals surface area contributed by atoms with Crippen LogP contribution in [0.2, 0.25) is 0 Å². The number of ether oxygens (including phenoxy) is 1. The average Bonchev–Trinajstić information content (AvgIpc) is 2.53. The summed E-state index contributed by atoms with van der Waals surface area (Å²) in [6, 6.07) is 0. The molecule has 1 aliphatic heterocycles. The van der Waals surface area contributed by atoms with Crippen molar-refractivity contribution in [2.24, 2.45) is 0 Å². The third-order valence-electron chi connectivity index (χ3n) is 2.75. The van der Waals surface area contributed by atoms with E-state index in [9.17, 15) is 9.59 Å². The number of methoxy groups -OCH3 is 1. The Balaban J connectivity index is 2.90. The molecule has 1 amide bonds. The molecule has 0 bridgehead atoms. The van der Waals surface area contributed by atoms with Gasteiger partial charge in [0, 0.05) is 18.3 Å². The number of hydrogen-bond donors (Lipinski definition) is 0. The Morgan fingerprint density at radius 1 is 1.41 bits per heavy atom. The molecule has 0 aliphatic carbocycles. The highest BCUT2D eigenvalue weighted by molar-refractivity contribution is 9.10. The van der Waals surface area contributed by atoms with Crippen molar-refractivity contribution in [3.63, 3.8) is 0 Å². The van der Waals surface area contributed by atoms with Crippen LogP contribution in [0.25, 0.3) is 0 Å². The number of allylic oxidation sites excluding steroid dienone is 1. The molecule has 0 N–H and O–H groups in total. The van der Waals surface area contributed by atoms with Crippen molar-refractivity contribution in [3.8, 4) is 0 Å². The standard InChI is InChI=1S/C12H18BrNO3/c1-9(13)12(16)14-7-5-3-4-6-10(14)8-11(15)17-2/h8-9H,3-7H2,1-2H3/b10-8+. The number of nitrogens with zero attached hydrogens (tertiary/aromatic N) is 1. The summed E-state index contributed by atoms with van der Waals surface area (Å²) >= 11 is 3.28. The van der Waals surface area contributed by atoms with E-state index in [0.29, 0.717) is 6.54 Å². The zero-order chi connectivity index (χ0) is 12.8. The number of hydrogen-bond acceptors (Lipinski definition) is 3. The second-order valence-corrected chi connectivity index (χ2v) is 5.45. The average molecular weight is 304 g/mol. The van der Waals surface area contributed by atoms with Crippen molar-refractivity contribution < 1.29 is 14.3 Å². The smallest absolute Gasteiger partial charge is 0.332 e. The van der Waals surface area contributed by atoms with Gasteiger partial charge in [-0.15, -0.1) is 0 Å². The van der Waals surface area contributed by atoms with E-state index in [0.717, 1.165) is 31.4 Å². The van der Waals surface area contributed by atoms with E-state index in [-0.39, 0.29) is 10.7 Å². The van der Waals surface area contributed by atoms with E-state index < -0.39 is 5.97 Å². The zero-order valence-corrected chi connectivity index (χ0v) is 11.8. The summed E-state index contributed by atoms with van der Waals surface area (Å²) in [5.41, 5.74) is 0.769. The maximum atomic E-state index is 12.0. The van der Waals surface area contributed by atoms with Crippen molar-refractivity contribution in [2.45, 2.75) is 37.4 Å². The van der Waals surface area contributed by atoms with Gasteiger partial charge in [0.05, 0.1) is 11.9 Å². The van der Waals surface area contributed by atoms with Crippen LogP contribution in [0.5, 0.6) is 0 Å². The van der Waals surface area contributed by atoms with Gasteiger partial charge in [0.1, 0.15) is 0 Å². The molecule has 1 rings (SSSR count). The van der Waals surface area contributed by atoms with E-state index in [4.69, 9.17) is 0 Å². The van der Waals surface area contributed by atoms with Gasteiger partial charge < -0.3 is 9.64 Å². The minimum atomic E-state index is -0.401. The minimum absolute atomic E-state index is 0.00190. The summed E-state index contributed by atoms with van der Waals surface area (Å²) in [5.74, 6) is -0.399. The molecule has 1 fully saturated rings. The monoisotopic (exact) mass is 303 g/mol. The fraction of sp³-hybridized carbons (Fsp3) is 0.667. The molecule has 1 aliphatic rings. The number of halogens is 1. The minimum Gasteiger partial charge on any atom is -0.466 e. The maximum Gasteiger partial charge on any atom is 0.332 e. The van der Waals surface area contributed by atoms with Crippen LogP contribution in [-0.4, -0.2) is 35.3 Å². The van der Waals surface area contributed by atoms with Gasteiger partial charge in [0.2, 0.25) is 5.91 Å². The van der Waals surface area contributed by atoms with Crippen LogP contribution in [0.4, 0.5) is 0 Å². The molecule has 1 heterocycles. The van der Waals surface area contributed by atoms with Gasteiger partial charge in [0.15, 0.2) is 0 Å². The van der Waals surface area contributed by atoms with Crippen molar-refractivity contribution in [2.75, 3.05) is 13.7 Å². The van der Waals surface area contributed by atoms with Crippen molar-refractivity contribution in [3.05, 3.63) is 11.8 Å². The lowest BCUT2D eigenvalue weighted by atomic mass is 10.2. The predicted octanol–water partition coefficient (Wildman–Crippen LogP) is 2.23. The number of carbonyl (C=O) groups is 2. The highest BCUT2D eigenvalue weighted by Gasteiger charge is 2.23. The van der Waals surface area contributed by atoms with E-state index in [2.05, 4.69) is 20.7 Å². The van der Waals surface area contributed by atoms with Crippen LogP contribution < -0.4 is 0 Å². The molecule has 0 aromatic carbocycles. The summed E-state index contributed by atoms with van der Waals surface area (Å²) in [6.07, 6.45) is 5.24. The molecule has 5 heteroatoms. The van der Waals surface area contributed by atoms with Crippen LogP contribution in [-0.2, 0) is 14.3 Å². The first kappa shape index (κ1) is 14.2. The van der Waals surface area contributed by atoms with Crippen LogP contribution in [0.3, 0.4) is 0 Å². The van der Waals surface area contributed by atoms with E-state index in [1.807, 2.05) is 0 Å². The van der Waals surface area contributed by atoms with Gasteiger partial charge in [-0.3, -0.25) is 4.79 Å². The van der Waals surface area contributed by atoms with E-state index in [1.165, 1.54) is 13.2 Å². The molecule has 0 aromatic rings. The Morgan fingerprint density at radius 2 is 2.12 bits per heavy atom. The van der Waals surface area contributed by atoms with Gasteiger partial charge in [-0.2, -0.15) is 0 Å². The van der Waals surface area contributed by atoms with Gasteiger partial charge in [0.25, 0.3) is 0 Å². The summed E-state index contributed by atoms with van der Waals surface area (Å²) in [5, 5.41) is 0. The first-order valence-electron chi connectivity index (χ1n) is 5.80. The number of carbonyl (C=O) groups excluding carboxylic acids is 2. The Labute approximate surface area is 110 Å². The van der Waals surface area contributed by atoms with Gasteiger partial charge in [-0.25, -0.2) is 4.79 Å². The lowest BCUT2D eigenvalue weighted by Crippen LogP contribution is -2.35. The predicted molar refractivity (Wildman–Crippen MR) is 68.7 cm³/mol. The second-order valence-electron chi connectivity index (χ2n) is 4.08. The highest BCUT2D eigenvalue weighted by atomic mass is 79.9. The van der Waals surface area contributed by atoms with Crippen LogP contribution in [0.1, 0.15) is 32.6 Å². The normalized spacial score (nSPS) is 20.9. The topological polar surface area (TPSA) is 46.6 Å². The van der Waals surface area contributed by atoms with E-state index in [1.54, 1.807) is 11.8 Å². The molecule has 1 unspecified atom stereocenters. The van der Waals surface area contributed by atoms with Gasteiger partial charge in [-0.05, 0) is 26.2 Å². The first-order chi connectivity index (χ1) is 8.06. The third-order valence-corrected chi connectivity index (χ3v) is 3.14. The molecular formula is C12H18BrNO3. The zero-order valence-electron chi connectivity index (χ0n) is 10.2. The summed E-state index contributed by atoms with van der Waals surface area (Å²) in [4.78, 5) is 24.8. The third kappa shape index (κ3) is 4.15. The fourth-order valence-electron chi connectivity index (χ4n) is 1.84. The Morgan fingerprint density at radius 3 is 2.71 bits per heavy atom. The van der Waals surface area contributed by atoms with Crippen LogP contribution >= 0.6 is 15.9 Å². The van der Waals surface area contributed by atoms with Crippen molar-refractivity contribution in [1.82, 2.24) is 4.90 Å². The summed E-state index contributed by atoms with van der Waals surface area (Å²) < 4.78 is 4.62. The molecule has 1 saturated heterocycles. The number of amides is 1. The van der Waals surface area contributed by atoms with Gasteiger partial charge in [-0.1, -0.05) is 22.4 Å². The Kier molecular flexibility index (Phi) is 5.68. The summed E-state index contributed by atoms with van der Waals surface area (Å²) in [7, 11) is 1.34. The Hall–Kier alpha value is -0.840. The fourth-order valence-corrected chi connectivity index (χ4v) is 2.09. The number of esters is 1. The molecule has 0 spiro atoms. The lowest BCUT2D eigenvalue weighted by molar-refractivity contribution is -0.135. The molecule has 17 heavy (non-hydrogen) atoms. The molecule has 1 atom stereocenters. The molecule has 0 saturated carbocycles. The van der Waals surface area contributed by atoms with Gasteiger partial charge >= 0.3 is 5.97 Å². The number of alkyl halides is 1. The summed E-state index contributed by atoms with van der Waals surface area (Å²) in [6.45, 7) is 2.47. The molecule has 4 nitrogen and oxygen atoms in total. The van der Waals surface area contributed by atoms with Crippen LogP contribution in [0, 0.1) is 0 Å². The molecular weight excluding hydrogens is 286 g/mol. The van der Waals surface area contributed by atoms with E-state index >= 15 is 0 Å². The molecule has 0 radical (unpaired) electrons. The number of likely N-dealkylation sites (tertiary alicyclic amines) is 1. The first-order valence-corrected chi connectivity index (χ1v) is 6.71. The highest BCUT2D eigenvalue weighted by Crippen LogP contribution is 2.22. The number of rotatable bonds is 2. The molecule has 96 valence electrons. The van der Waals surface area contributed by atoms with Crippen molar-refractivity contribution in [1.29, 1.82) is 0 Å². The maximum absolute atomic E-state index is 12.0. The van der Waals surface area contributed by atoms with Crippen LogP contribution in [0.15, 0.2) is 11.8 Å². The SMILES string of the molecule is COC(=O)/C=C1\CCCCCN1C(=O)C(C)Br. The van der Waals surface area contributed by atoms with Crippen molar-refractivity contribution >= 4 is 27.8 Å². The quantitative estimate of drug-likeness (QED) is 0.446.